The van der Waals surface area contributed by atoms with Gasteiger partial charge in [0.1, 0.15) is 6.54 Å². The Hall–Kier alpha value is -3.42. The molecule has 0 aliphatic rings. The zero-order valence-electron chi connectivity index (χ0n) is 13.5. The number of amides is 1. The summed E-state index contributed by atoms with van der Waals surface area (Å²) in [4.78, 5) is 36.9. The Morgan fingerprint density at radius 3 is 2.80 bits per heavy atom. The van der Waals surface area contributed by atoms with Gasteiger partial charge in [0, 0.05) is 24.7 Å². The maximum absolute atomic E-state index is 12.2. The molecule has 2 aromatic heterocycles. The average molecular weight is 339 g/mol. The highest BCUT2D eigenvalue weighted by Gasteiger charge is 2.11. The first-order valence-corrected chi connectivity index (χ1v) is 7.72. The van der Waals surface area contributed by atoms with Gasteiger partial charge in [-0.25, -0.2) is 9.48 Å². The molecule has 0 saturated carbocycles. The number of hydrogen-bond donors (Lipinski definition) is 2. The van der Waals surface area contributed by atoms with Gasteiger partial charge < -0.3 is 5.32 Å². The molecule has 0 aliphatic heterocycles. The molecule has 8 heteroatoms. The van der Waals surface area contributed by atoms with Crippen LogP contribution in [0.3, 0.4) is 0 Å². The molecule has 8 nitrogen and oxygen atoms in total. The predicted octanol–water partition coefficient (Wildman–Crippen LogP) is 0.600. The lowest BCUT2D eigenvalue weighted by atomic mass is 10.1. The highest BCUT2D eigenvalue weighted by molar-refractivity contribution is 5.76. The Labute approximate surface area is 142 Å². The van der Waals surface area contributed by atoms with E-state index < -0.39 is 11.2 Å². The number of rotatable bonds is 5. The standard InChI is InChI=1S/C17H17N5O3/c1-12(13-4-2-5-14(10-13)22-8-3-7-18-22)19-16(24)11-21-9-6-15(23)20-17(21)25/h2-10,12H,11H2,1H3,(H,19,24)(H,20,23,25)/t12-/m0/s1. The van der Waals surface area contributed by atoms with Gasteiger partial charge in [-0.3, -0.25) is 19.1 Å². The summed E-state index contributed by atoms with van der Waals surface area (Å²) >= 11 is 0. The van der Waals surface area contributed by atoms with Crippen LogP contribution in [-0.4, -0.2) is 25.2 Å². The molecule has 0 bridgehead atoms. The number of nitrogens with one attached hydrogen (secondary N) is 2. The molecule has 3 aromatic rings. The molecule has 0 unspecified atom stereocenters. The molecule has 1 aromatic carbocycles. The van der Waals surface area contributed by atoms with Crippen LogP contribution in [0.25, 0.3) is 5.69 Å². The second-order valence-corrected chi connectivity index (χ2v) is 5.57. The van der Waals surface area contributed by atoms with E-state index in [-0.39, 0.29) is 18.5 Å². The normalized spacial score (nSPS) is 11.9. The topological polar surface area (TPSA) is 102 Å². The molecule has 1 amide bonds. The van der Waals surface area contributed by atoms with Crippen molar-refractivity contribution in [2.75, 3.05) is 0 Å². The summed E-state index contributed by atoms with van der Waals surface area (Å²) in [5.74, 6) is -0.328. The summed E-state index contributed by atoms with van der Waals surface area (Å²) in [6.07, 6.45) is 4.83. The van der Waals surface area contributed by atoms with Gasteiger partial charge in [0.05, 0.1) is 11.7 Å². The maximum atomic E-state index is 12.2. The van der Waals surface area contributed by atoms with Crippen LogP contribution in [0.5, 0.6) is 0 Å². The lowest BCUT2D eigenvalue weighted by molar-refractivity contribution is -0.122. The monoisotopic (exact) mass is 339 g/mol. The Morgan fingerprint density at radius 1 is 1.24 bits per heavy atom. The van der Waals surface area contributed by atoms with Crippen LogP contribution in [0.15, 0.2) is 64.6 Å². The molecule has 1 atom stereocenters. The number of aromatic nitrogens is 4. The van der Waals surface area contributed by atoms with Crippen molar-refractivity contribution in [2.45, 2.75) is 19.5 Å². The van der Waals surface area contributed by atoms with Crippen LogP contribution < -0.4 is 16.6 Å². The third-order valence-corrected chi connectivity index (χ3v) is 3.73. The van der Waals surface area contributed by atoms with E-state index in [1.165, 1.54) is 12.3 Å². The van der Waals surface area contributed by atoms with E-state index in [2.05, 4.69) is 15.4 Å². The minimum atomic E-state index is -0.615. The summed E-state index contributed by atoms with van der Waals surface area (Å²) in [6, 6.07) is 10.4. The minimum absolute atomic E-state index is 0.168. The van der Waals surface area contributed by atoms with Crippen LogP contribution in [0.2, 0.25) is 0 Å². The van der Waals surface area contributed by atoms with E-state index in [0.717, 1.165) is 15.8 Å². The fraction of sp³-hybridized carbons (Fsp3) is 0.176. The number of hydrogen-bond acceptors (Lipinski definition) is 4. The number of nitrogens with zero attached hydrogens (tertiary/aromatic N) is 3. The third kappa shape index (κ3) is 3.92. The van der Waals surface area contributed by atoms with Crippen LogP contribution in [0.4, 0.5) is 0 Å². The molecule has 2 heterocycles. The minimum Gasteiger partial charge on any atom is -0.348 e. The first-order valence-electron chi connectivity index (χ1n) is 7.72. The number of carbonyl (C=O) groups is 1. The molecular formula is C17H17N5O3. The van der Waals surface area contributed by atoms with Crippen molar-refractivity contribution in [1.29, 1.82) is 0 Å². The number of aromatic amines is 1. The molecular weight excluding hydrogens is 322 g/mol. The molecule has 0 fully saturated rings. The van der Waals surface area contributed by atoms with Crippen molar-refractivity contribution >= 4 is 5.91 Å². The molecule has 0 spiro atoms. The second kappa shape index (κ2) is 7.00. The van der Waals surface area contributed by atoms with Gasteiger partial charge >= 0.3 is 5.69 Å². The number of carbonyl (C=O) groups excluding carboxylic acids is 1. The lowest BCUT2D eigenvalue weighted by Crippen LogP contribution is -2.36. The largest absolute Gasteiger partial charge is 0.348 e. The molecule has 0 radical (unpaired) electrons. The Morgan fingerprint density at radius 2 is 2.08 bits per heavy atom. The quantitative estimate of drug-likeness (QED) is 0.710. The summed E-state index contributed by atoms with van der Waals surface area (Å²) in [5, 5.41) is 7.02. The molecule has 128 valence electrons. The molecule has 3 rings (SSSR count). The molecule has 0 saturated heterocycles. The van der Waals surface area contributed by atoms with Gasteiger partial charge in [-0.2, -0.15) is 5.10 Å². The Bertz CT molecular complexity index is 988. The van der Waals surface area contributed by atoms with Crippen molar-refractivity contribution in [2.24, 2.45) is 0 Å². The predicted molar refractivity (Wildman–Crippen MR) is 91.4 cm³/mol. The number of H-pyrrole nitrogens is 1. The third-order valence-electron chi connectivity index (χ3n) is 3.73. The van der Waals surface area contributed by atoms with Crippen LogP contribution in [-0.2, 0) is 11.3 Å². The summed E-state index contributed by atoms with van der Waals surface area (Å²) in [7, 11) is 0. The van der Waals surface area contributed by atoms with E-state index in [0.29, 0.717) is 0 Å². The van der Waals surface area contributed by atoms with E-state index in [4.69, 9.17) is 0 Å². The molecule has 0 aliphatic carbocycles. The summed E-state index contributed by atoms with van der Waals surface area (Å²) in [6.45, 7) is 1.69. The smallest absolute Gasteiger partial charge is 0.328 e. The van der Waals surface area contributed by atoms with E-state index in [9.17, 15) is 14.4 Å². The Kier molecular flexibility index (Phi) is 4.60. The van der Waals surface area contributed by atoms with Gasteiger partial charge in [-0.05, 0) is 30.7 Å². The van der Waals surface area contributed by atoms with Crippen LogP contribution in [0, 0.1) is 0 Å². The van der Waals surface area contributed by atoms with Gasteiger partial charge in [0.2, 0.25) is 5.91 Å². The summed E-state index contributed by atoms with van der Waals surface area (Å²) in [5.41, 5.74) is 0.692. The van der Waals surface area contributed by atoms with Gasteiger partial charge in [-0.1, -0.05) is 12.1 Å². The van der Waals surface area contributed by atoms with Gasteiger partial charge in [0.25, 0.3) is 5.56 Å². The fourth-order valence-corrected chi connectivity index (χ4v) is 2.45. The first kappa shape index (κ1) is 16.4. The van der Waals surface area contributed by atoms with Crippen molar-refractivity contribution in [3.8, 4) is 5.69 Å². The van der Waals surface area contributed by atoms with E-state index >= 15 is 0 Å². The molecule has 25 heavy (non-hydrogen) atoms. The highest BCUT2D eigenvalue weighted by atomic mass is 16.2. The first-order chi connectivity index (χ1) is 12.0. The van der Waals surface area contributed by atoms with Crippen molar-refractivity contribution < 1.29 is 4.79 Å². The lowest BCUT2D eigenvalue weighted by Gasteiger charge is -2.16. The van der Waals surface area contributed by atoms with Crippen LogP contribution in [0.1, 0.15) is 18.5 Å². The average Bonchev–Trinajstić information content (AvgIpc) is 3.12. The van der Waals surface area contributed by atoms with Crippen molar-refractivity contribution in [3.05, 3.63) is 81.4 Å². The van der Waals surface area contributed by atoms with E-state index in [1.807, 2.05) is 43.5 Å². The SMILES string of the molecule is C[C@H](NC(=O)Cn1ccc(=O)[nH]c1=O)c1cccc(-n2cccn2)c1. The van der Waals surface area contributed by atoms with Crippen molar-refractivity contribution in [3.63, 3.8) is 0 Å². The van der Waals surface area contributed by atoms with Crippen LogP contribution >= 0.6 is 0 Å². The summed E-state index contributed by atoms with van der Waals surface area (Å²) < 4.78 is 2.88. The zero-order chi connectivity index (χ0) is 17.8. The van der Waals surface area contributed by atoms with Gasteiger partial charge in [-0.15, -0.1) is 0 Å². The fourth-order valence-electron chi connectivity index (χ4n) is 2.45. The van der Waals surface area contributed by atoms with Crippen molar-refractivity contribution in [1.82, 2.24) is 24.6 Å². The van der Waals surface area contributed by atoms with E-state index in [1.54, 1.807) is 10.9 Å². The highest BCUT2D eigenvalue weighted by Crippen LogP contribution is 2.16. The Balaban J connectivity index is 1.70. The second-order valence-electron chi connectivity index (χ2n) is 5.57. The number of benzene rings is 1. The van der Waals surface area contributed by atoms with Gasteiger partial charge in [0.15, 0.2) is 0 Å². The maximum Gasteiger partial charge on any atom is 0.328 e. The molecule has 2 N–H and O–H groups in total. The zero-order valence-corrected chi connectivity index (χ0v) is 13.5.